The van der Waals surface area contributed by atoms with Gasteiger partial charge in [-0.2, -0.15) is 5.10 Å². The molecule has 4 rings (SSSR count). The summed E-state index contributed by atoms with van der Waals surface area (Å²) in [5.74, 6) is -0.951. The third-order valence-electron chi connectivity index (χ3n) is 5.69. The number of carbonyl (C=O) groups excluding carboxylic acids is 2. The highest BCUT2D eigenvalue weighted by molar-refractivity contribution is 5.98. The lowest BCUT2D eigenvalue weighted by Crippen LogP contribution is -2.48. The number of hydrogen-bond acceptors (Lipinski definition) is 8. The zero-order valence-corrected chi connectivity index (χ0v) is 20.1. The van der Waals surface area contributed by atoms with Crippen LogP contribution in [-0.2, 0) is 22.7 Å². The van der Waals surface area contributed by atoms with Crippen LogP contribution in [0.2, 0.25) is 0 Å². The van der Waals surface area contributed by atoms with E-state index in [2.05, 4.69) is 31.4 Å². The maximum Gasteiger partial charge on any atom is 0.408 e. The standard InChI is InChI=1S/C25H29N7O5/c33-22(29-15-20(23(34)35)31-25(36)37-16-17-5-2-1-3-6-17)18-7-8-19-14-30-32(21(19)13-18)12-4-9-26-24-27-10-11-28-24/h1-3,5-8,13-14,20H,4,9-12,15-16H2,(H,29,33)(H,31,36)(H,34,35)(H2,26,27,28)/t20-/m1/s1. The Labute approximate surface area is 213 Å². The number of aromatic nitrogens is 2. The van der Waals surface area contributed by atoms with Gasteiger partial charge in [-0.05, 0) is 24.1 Å². The van der Waals surface area contributed by atoms with Gasteiger partial charge in [0.15, 0.2) is 5.96 Å². The lowest BCUT2D eigenvalue weighted by atomic mass is 10.1. The Bertz CT molecular complexity index is 1270. The van der Waals surface area contributed by atoms with E-state index in [1.165, 1.54) is 0 Å². The van der Waals surface area contributed by atoms with Gasteiger partial charge in [-0.1, -0.05) is 36.4 Å². The van der Waals surface area contributed by atoms with Crippen LogP contribution in [-0.4, -0.2) is 71.0 Å². The first-order valence-corrected chi connectivity index (χ1v) is 12.0. The van der Waals surface area contributed by atoms with E-state index in [1.54, 1.807) is 48.7 Å². The molecule has 2 aromatic carbocycles. The first-order valence-electron chi connectivity index (χ1n) is 12.0. The number of carbonyl (C=O) groups is 3. The van der Waals surface area contributed by atoms with E-state index in [9.17, 15) is 19.5 Å². The number of guanidine groups is 1. The van der Waals surface area contributed by atoms with Gasteiger partial charge in [0.2, 0.25) is 0 Å². The number of carboxylic acid groups (broad SMARTS) is 1. The number of carboxylic acids is 1. The molecule has 1 aliphatic rings. The van der Waals surface area contributed by atoms with Crippen molar-refractivity contribution in [2.45, 2.75) is 25.6 Å². The molecule has 0 saturated heterocycles. The number of hydrogen-bond donors (Lipinski definition) is 5. The zero-order chi connectivity index (χ0) is 26.0. The fraction of sp³-hybridized carbons (Fsp3) is 0.320. The lowest BCUT2D eigenvalue weighted by molar-refractivity contribution is -0.139. The van der Waals surface area contributed by atoms with Gasteiger partial charge in [0.1, 0.15) is 12.6 Å². The van der Waals surface area contributed by atoms with Gasteiger partial charge in [-0.15, -0.1) is 0 Å². The van der Waals surface area contributed by atoms with Crippen LogP contribution >= 0.6 is 0 Å². The van der Waals surface area contributed by atoms with E-state index >= 15 is 0 Å². The van der Waals surface area contributed by atoms with E-state index in [4.69, 9.17) is 4.74 Å². The molecule has 0 saturated carbocycles. The van der Waals surface area contributed by atoms with Gasteiger partial charge in [-0.25, -0.2) is 9.59 Å². The fourth-order valence-electron chi connectivity index (χ4n) is 3.75. The van der Waals surface area contributed by atoms with E-state index in [0.29, 0.717) is 12.1 Å². The molecule has 0 unspecified atom stereocenters. The van der Waals surface area contributed by atoms with Gasteiger partial charge in [-0.3, -0.25) is 14.5 Å². The van der Waals surface area contributed by atoms with Crippen molar-refractivity contribution in [1.82, 2.24) is 31.0 Å². The van der Waals surface area contributed by atoms with Crippen molar-refractivity contribution < 1.29 is 24.2 Å². The Morgan fingerprint density at radius 1 is 1.16 bits per heavy atom. The third kappa shape index (κ3) is 7.19. The number of ether oxygens (including phenoxy) is 1. The molecular formula is C25H29N7O5. The number of rotatable bonds is 11. The molecule has 0 radical (unpaired) electrons. The number of aliphatic imine (C=N–C) groups is 1. The molecule has 1 atom stereocenters. The van der Waals surface area contributed by atoms with Gasteiger partial charge >= 0.3 is 12.1 Å². The molecular weight excluding hydrogens is 478 g/mol. The molecule has 5 N–H and O–H groups in total. The molecule has 194 valence electrons. The summed E-state index contributed by atoms with van der Waals surface area (Å²) in [6.45, 7) is 2.68. The number of alkyl carbamates (subject to hydrolysis) is 1. The summed E-state index contributed by atoms with van der Waals surface area (Å²) in [7, 11) is 0. The summed E-state index contributed by atoms with van der Waals surface area (Å²) in [5.41, 5.74) is 1.91. The largest absolute Gasteiger partial charge is 0.480 e. The summed E-state index contributed by atoms with van der Waals surface area (Å²) >= 11 is 0. The van der Waals surface area contributed by atoms with Crippen molar-refractivity contribution in [2.24, 2.45) is 4.99 Å². The first kappa shape index (κ1) is 25.5. The summed E-state index contributed by atoms with van der Waals surface area (Å²) in [6.07, 6.45) is 1.65. The van der Waals surface area contributed by atoms with E-state index in [0.717, 1.165) is 48.5 Å². The molecule has 2 heterocycles. The average molecular weight is 508 g/mol. The van der Waals surface area contributed by atoms with E-state index in [-0.39, 0.29) is 13.2 Å². The predicted octanol–water partition coefficient (Wildman–Crippen LogP) is 1.08. The minimum atomic E-state index is -1.35. The van der Waals surface area contributed by atoms with Crippen LogP contribution in [0.5, 0.6) is 0 Å². The van der Waals surface area contributed by atoms with E-state index < -0.39 is 24.0 Å². The Kier molecular flexibility index (Phi) is 8.53. The highest BCUT2D eigenvalue weighted by Gasteiger charge is 2.22. The Morgan fingerprint density at radius 3 is 2.76 bits per heavy atom. The number of amides is 2. The van der Waals surface area contributed by atoms with Gasteiger partial charge in [0.05, 0.1) is 18.3 Å². The highest BCUT2D eigenvalue weighted by atomic mass is 16.5. The maximum atomic E-state index is 12.7. The second kappa shape index (κ2) is 12.4. The topological polar surface area (TPSA) is 159 Å². The van der Waals surface area contributed by atoms with Crippen LogP contribution in [0, 0.1) is 0 Å². The summed E-state index contributed by atoms with van der Waals surface area (Å²) in [4.78, 5) is 40.7. The Hall–Kier alpha value is -4.61. The highest BCUT2D eigenvalue weighted by Crippen LogP contribution is 2.16. The quantitative estimate of drug-likeness (QED) is 0.241. The van der Waals surface area contributed by atoms with Crippen molar-refractivity contribution in [3.8, 4) is 0 Å². The molecule has 3 aromatic rings. The molecule has 12 heteroatoms. The van der Waals surface area contributed by atoms with Crippen molar-refractivity contribution in [3.63, 3.8) is 0 Å². The number of benzene rings is 2. The van der Waals surface area contributed by atoms with Crippen LogP contribution < -0.4 is 21.3 Å². The molecule has 37 heavy (non-hydrogen) atoms. The minimum Gasteiger partial charge on any atom is -0.480 e. The van der Waals surface area contributed by atoms with Crippen molar-refractivity contribution in [1.29, 1.82) is 0 Å². The molecule has 0 fully saturated rings. The van der Waals surface area contributed by atoms with Crippen LogP contribution in [0.3, 0.4) is 0 Å². The second-order valence-electron chi connectivity index (χ2n) is 8.39. The van der Waals surface area contributed by atoms with Crippen molar-refractivity contribution in [3.05, 3.63) is 65.9 Å². The van der Waals surface area contributed by atoms with Gasteiger partial charge in [0, 0.05) is 37.1 Å². The number of aryl methyl sites for hydroxylation is 1. The number of aliphatic carboxylic acids is 1. The molecule has 2 amide bonds. The normalized spacial score (nSPS) is 13.4. The average Bonchev–Trinajstić information content (AvgIpc) is 3.58. The molecule has 0 aliphatic carbocycles. The number of nitrogens with zero attached hydrogens (tertiary/aromatic N) is 3. The monoisotopic (exact) mass is 507 g/mol. The summed E-state index contributed by atoms with van der Waals surface area (Å²) in [5, 5.41) is 26.0. The first-order chi connectivity index (χ1) is 18.0. The van der Waals surface area contributed by atoms with E-state index in [1.807, 2.05) is 10.7 Å². The Balaban J connectivity index is 1.29. The van der Waals surface area contributed by atoms with Crippen LogP contribution in [0.4, 0.5) is 4.79 Å². The number of fused-ring (bicyclic) bond motifs is 1. The molecule has 12 nitrogen and oxygen atoms in total. The van der Waals surface area contributed by atoms with Crippen molar-refractivity contribution in [2.75, 3.05) is 26.2 Å². The minimum absolute atomic E-state index is 0.000765. The summed E-state index contributed by atoms with van der Waals surface area (Å²) in [6, 6.07) is 12.8. The maximum absolute atomic E-state index is 12.7. The molecule has 1 aliphatic heterocycles. The SMILES string of the molecule is O=C(N[C@H](CNC(=O)c1ccc2cnn(CCCNC3=NCCN3)c2c1)C(=O)O)OCc1ccccc1. The fourth-order valence-corrected chi connectivity index (χ4v) is 3.75. The smallest absolute Gasteiger partial charge is 0.408 e. The van der Waals surface area contributed by atoms with Gasteiger partial charge in [0.25, 0.3) is 5.91 Å². The molecule has 0 bridgehead atoms. The predicted molar refractivity (Wildman–Crippen MR) is 136 cm³/mol. The second-order valence-corrected chi connectivity index (χ2v) is 8.39. The van der Waals surface area contributed by atoms with Crippen LogP contribution in [0.1, 0.15) is 22.3 Å². The van der Waals surface area contributed by atoms with Crippen LogP contribution in [0.25, 0.3) is 10.9 Å². The lowest BCUT2D eigenvalue weighted by Gasteiger charge is -2.15. The third-order valence-corrected chi connectivity index (χ3v) is 5.69. The zero-order valence-electron chi connectivity index (χ0n) is 20.1. The molecule has 0 spiro atoms. The van der Waals surface area contributed by atoms with Crippen molar-refractivity contribution >= 4 is 34.8 Å². The Morgan fingerprint density at radius 2 is 2.00 bits per heavy atom. The van der Waals surface area contributed by atoms with Gasteiger partial charge < -0.3 is 31.1 Å². The number of nitrogens with one attached hydrogen (secondary N) is 4. The summed E-state index contributed by atoms with van der Waals surface area (Å²) < 4.78 is 6.89. The van der Waals surface area contributed by atoms with Crippen LogP contribution in [0.15, 0.2) is 59.7 Å². The molecule has 1 aromatic heterocycles.